The van der Waals surface area contributed by atoms with E-state index in [1.165, 1.54) is 5.57 Å². The lowest BCUT2D eigenvalue weighted by atomic mass is 9.89. The van der Waals surface area contributed by atoms with E-state index in [2.05, 4.69) is 26.8 Å². The van der Waals surface area contributed by atoms with E-state index in [0.717, 1.165) is 56.9 Å². The van der Waals surface area contributed by atoms with E-state index in [1.54, 1.807) is 0 Å². The molecule has 0 atom stereocenters. The van der Waals surface area contributed by atoms with Gasteiger partial charge in [0, 0.05) is 5.57 Å². The molecule has 0 radical (unpaired) electrons. The molecule has 21 heavy (non-hydrogen) atoms. The van der Waals surface area contributed by atoms with Crippen LogP contribution in [0.15, 0.2) is 22.8 Å². The molecular formula is C18H35NO2. The third-order valence-electron chi connectivity index (χ3n) is 3.72. The van der Waals surface area contributed by atoms with Crippen LogP contribution in [0.25, 0.3) is 0 Å². The highest BCUT2D eigenvalue weighted by Crippen LogP contribution is 2.28. The van der Waals surface area contributed by atoms with Gasteiger partial charge in [0.25, 0.3) is 0 Å². The van der Waals surface area contributed by atoms with E-state index in [1.807, 2.05) is 6.92 Å². The Morgan fingerprint density at radius 2 is 1.29 bits per heavy atom. The van der Waals surface area contributed by atoms with Crippen LogP contribution in [0.3, 0.4) is 0 Å². The van der Waals surface area contributed by atoms with Crippen LogP contribution in [-0.2, 0) is 4.79 Å². The minimum absolute atomic E-state index is 0. The van der Waals surface area contributed by atoms with Gasteiger partial charge in [-0.1, -0.05) is 46.1 Å². The first-order valence-corrected chi connectivity index (χ1v) is 8.23. The fourth-order valence-electron chi connectivity index (χ4n) is 2.44. The van der Waals surface area contributed by atoms with Crippen LogP contribution < -0.4 is 6.15 Å². The second kappa shape index (κ2) is 13.9. The number of carboxylic acid groups (broad SMARTS) is 1. The summed E-state index contributed by atoms with van der Waals surface area (Å²) in [4.78, 5) is 11.6. The molecular weight excluding hydrogens is 262 g/mol. The van der Waals surface area contributed by atoms with Crippen molar-refractivity contribution in [1.82, 2.24) is 6.15 Å². The third kappa shape index (κ3) is 8.71. The maximum atomic E-state index is 11.6. The number of allylic oxidation sites excluding steroid dienone is 3. The number of unbranched alkanes of at least 4 members (excludes halogenated alkanes) is 3. The Labute approximate surface area is 131 Å². The van der Waals surface area contributed by atoms with Gasteiger partial charge in [0.1, 0.15) is 0 Å². The molecule has 0 saturated carbocycles. The molecule has 124 valence electrons. The number of aliphatic carboxylic acids is 1. The summed E-state index contributed by atoms with van der Waals surface area (Å²) in [5.74, 6) is -0.722. The molecule has 0 fully saturated rings. The first-order valence-electron chi connectivity index (χ1n) is 8.23. The number of carboxylic acids is 1. The molecule has 0 aromatic heterocycles. The first-order chi connectivity index (χ1) is 9.62. The molecule has 0 bridgehead atoms. The zero-order valence-corrected chi connectivity index (χ0v) is 14.5. The molecule has 0 aliphatic heterocycles. The second-order valence-electron chi connectivity index (χ2n) is 5.39. The smallest absolute Gasteiger partial charge is 0.331 e. The van der Waals surface area contributed by atoms with Crippen molar-refractivity contribution < 1.29 is 9.90 Å². The molecule has 0 spiro atoms. The molecule has 3 nitrogen and oxygen atoms in total. The van der Waals surface area contributed by atoms with E-state index < -0.39 is 5.97 Å². The van der Waals surface area contributed by atoms with E-state index in [9.17, 15) is 9.90 Å². The Kier molecular flexibility index (Phi) is 14.7. The highest BCUT2D eigenvalue weighted by Gasteiger charge is 2.16. The summed E-state index contributed by atoms with van der Waals surface area (Å²) in [5.41, 5.74) is 3.03. The van der Waals surface area contributed by atoms with Gasteiger partial charge in [0.05, 0.1) is 0 Å². The lowest BCUT2D eigenvalue weighted by Gasteiger charge is -2.16. The largest absolute Gasteiger partial charge is 0.478 e. The number of hydrogen-bond donors (Lipinski definition) is 2. The topological polar surface area (TPSA) is 72.3 Å². The lowest BCUT2D eigenvalue weighted by Crippen LogP contribution is -2.07. The van der Waals surface area contributed by atoms with Crippen molar-refractivity contribution >= 4 is 5.97 Å². The van der Waals surface area contributed by atoms with Crippen molar-refractivity contribution in [1.29, 1.82) is 0 Å². The Bertz CT molecular complexity index is 343. The minimum atomic E-state index is -0.722. The van der Waals surface area contributed by atoms with Gasteiger partial charge in [-0.3, -0.25) is 0 Å². The SMILES string of the molecule is C/C=C(CCCC)/C(CCCC)=C(\CCCC)C(=O)O.N. The molecule has 3 heteroatoms. The van der Waals surface area contributed by atoms with Gasteiger partial charge < -0.3 is 11.3 Å². The zero-order valence-electron chi connectivity index (χ0n) is 14.5. The predicted octanol–water partition coefficient (Wildman–Crippen LogP) is 6.05. The highest BCUT2D eigenvalue weighted by atomic mass is 16.4. The summed E-state index contributed by atoms with van der Waals surface area (Å²) in [6, 6.07) is 0. The van der Waals surface area contributed by atoms with E-state index >= 15 is 0 Å². The summed E-state index contributed by atoms with van der Waals surface area (Å²) in [7, 11) is 0. The van der Waals surface area contributed by atoms with Crippen LogP contribution in [0.5, 0.6) is 0 Å². The van der Waals surface area contributed by atoms with Crippen LogP contribution in [0, 0.1) is 0 Å². The first kappa shape index (κ1) is 22.2. The van der Waals surface area contributed by atoms with Gasteiger partial charge in [-0.05, 0) is 56.6 Å². The summed E-state index contributed by atoms with van der Waals surface area (Å²) in [6.07, 6.45) is 11.2. The van der Waals surface area contributed by atoms with Crippen molar-refractivity contribution in [3.05, 3.63) is 22.8 Å². The summed E-state index contributed by atoms with van der Waals surface area (Å²) < 4.78 is 0. The van der Waals surface area contributed by atoms with Crippen molar-refractivity contribution in [2.75, 3.05) is 0 Å². The average molecular weight is 297 g/mol. The van der Waals surface area contributed by atoms with Crippen molar-refractivity contribution in [3.8, 4) is 0 Å². The molecule has 0 aliphatic rings. The molecule has 0 aromatic rings. The third-order valence-corrected chi connectivity index (χ3v) is 3.72. The van der Waals surface area contributed by atoms with Crippen LogP contribution in [0.1, 0.15) is 85.5 Å². The maximum Gasteiger partial charge on any atom is 0.331 e. The van der Waals surface area contributed by atoms with Gasteiger partial charge in [0.15, 0.2) is 0 Å². The van der Waals surface area contributed by atoms with Gasteiger partial charge in [0.2, 0.25) is 0 Å². The monoisotopic (exact) mass is 297 g/mol. The minimum Gasteiger partial charge on any atom is -0.478 e. The Hall–Kier alpha value is -1.09. The van der Waals surface area contributed by atoms with Gasteiger partial charge >= 0.3 is 5.97 Å². The quantitative estimate of drug-likeness (QED) is 0.360. The van der Waals surface area contributed by atoms with Crippen molar-refractivity contribution in [3.63, 3.8) is 0 Å². The number of rotatable bonds is 11. The molecule has 0 unspecified atom stereocenters. The molecule has 0 amide bonds. The molecule has 4 N–H and O–H groups in total. The van der Waals surface area contributed by atoms with Crippen LogP contribution >= 0.6 is 0 Å². The average Bonchev–Trinajstić information content (AvgIpc) is 2.44. The summed E-state index contributed by atoms with van der Waals surface area (Å²) >= 11 is 0. The van der Waals surface area contributed by atoms with Gasteiger partial charge in [-0.2, -0.15) is 0 Å². The van der Waals surface area contributed by atoms with E-state index in [-0.39, 0.29) is 6.15 Å². The van der Waals surface area contributed by atoms with Crippen molar-refractivity contribution in [2.45, 2.75) is 85.5 Å². The van der Waals surface area contributed by atoms with Crippen LogP contribution in [0.2, 0.25) is 0 Å². The van der Waals surface area contributed by atoms with E-state index in [0.29, 0.717) is 12.0 Å². The Morgan fingerprint density at radius 3 is 1.67 bits per heavy atom. The van der Waals surface area contributed by atoms with Crippen LogP contribution in [0.4, 0.5) is 0 Å². The molecule has 0 saturated heterocycles. The summed E-state index contributed by atoms with van der Waals surface area (Å²) in [6.45, 7) is 8.48. The Balaban J connectivity index is 0. The summed E-state index contributed by atoms with van der Waals surface area (Å²) in [5, 5.41) is 9.55. The maximum absolute atomic E-state index is 11.6. The standard InChI is InChI=1S/C18H32O2.H3N/c1-5-9-12-15(8-4)16(13-10-6-2)17(18(19)20)14-11-7-3;/h8H,5-7,9-14H2,1-4H3,(H,19,20);1H3/b15-8+,17-16+;. The molecule has 0 heterocycles. The van der Waals surface area contributed by atoms with Gasteiger partial charge in [-0.15, -0.1) is 0 Å². The second-order valence-corrected chi connectivity index (χ2v) is 5.39. The molecule has 0 aliphatic carbocycles. The normalized spacial score (nSPS) is 12.7. The van der Waals surface area contributed by atoms with E-state index in [4.69, 9.17) is 0 Å². The van der Waals surface area contributed by atoms with Crippen LogP contribution in [-0.4, -0.2) is 11.1 Å². The fourth-order valence-corrected chi connectivity index (χ4v) is 2.44. The zero-order chi connectivity index (χ0) is 15.4. The fraction of sp³-hybridized carbons (Fsp3) is 0.722. The molecule has 0 rings (SSSR count). The van der Waals surface area contributed by atoms with Gasteiger partial charge in [-0.25, -0.2) is 4.79 Å². The Morgan fingerprint density at radius 1 is 0.857 bits per heavy atom. The number of hydrogen-bond acceptors (Lipinski definition) is 2. The molecule has 0 aromatic carbocycles. The predicted molar refractivity (Wildman–Crippen MR) is 92.0 cm³/mol. The van der Waals surface area contributed by atoms with Crippen molar-refractivity contribution in [2.24, 2.45) is 0 Å². The highest BCUT2D eigenvalue weighted by molar-refractivity contribution is 5.88. The number of carbonyl (C=O) groups is 1. The lowest BCUT2D eigenvalue weighted by molar-refractivity contribution is -0.132.